The van der Waals surface area contributed by atoms with E-state index in [1.165, 1.54) is 36.9 Å². The van der Waals surface area contributed by atoms with Crippen LogP contribution in [-0.4, -0.2) is 32.3 Å². The van der Waals surface area contributed by atoms with E-state index in [4.69, 9.17) is 0 Å². The molecular formula is C17H24N4. The Bertz CT molecular complexity index is 549. The number of hydrogen-bond acceptors (Lipinski definition) is 3. The van der Waals surface area contributed by atoms with Crippen molar-refractivity contribution < 1.29 is 0 Å². The first-order valence-electron chi connectivity index (χ1n) is 7.99. The van der Waals surface area contributed by atoms with E-state index >= 15 is 0 Å². The molecule has 1 saturated heterocycles. The number of aromatic nitrogens is 3. The Balaban J connectivity index is 1.55. The van der Waals surface area contributed by atoms with Crippen LogP contribution in [0, 0.1) is 0 Å². The SMILES string of the molecule is CCn1cc(CN2CCC[C@H]2CCc2ccncc2)cn1. The summed E-state index contributed by atoms with van der Waals surface area (Å²) < 4.78 is 2.01. The number of aryl methyl sites for hydroxylation is 2. The fourth-order valence-corrected chi connectivity index (χ4v) is 3.21. The standard InChI is InChI=1S/C17H24N4/c1-2-21-14-16(12-19-21)13-20-11-3-4-17(20)6-5-15-7-9-18-10-8-15/h7-10,12,14,17H,2-6,11,13H2,1H3/t17-/m0/s1. The van der Waals surface area contributed by atoms with Crippen LogP contribution in [0.4, 0.5) is 0 Å². The fraction of sp³-hybridized carbons (Fsp3) is 0.529. The third kappa shape index (κ3) is 3.70. The highest BCUT2D eigenvalue weighted by Gasteiger charge is 2.24. The smallest absolute Gasteiger partial charge is 0.0534 e. The molecule has 0 saturated carbocycles. The quantitative estimate of drug-likeness (QED) is 0.818. The molecule has 1 aliphatic heterocycles. The van der Waals surface area contributed by atoms with Crippen molar-refractivity contribution in [1.29, 1.82) is 0 Å². The molecule has 0 bridgehead atoms. The van der Waals surface area contributed by atoms with Gasteiger partial charge in [-0.15, -0.1) is 0 Å². The van der Waals surface area contributed by atoms with Crippen molar-refractivity contribution in [3.63, 3.8) is 0 Å². The Morgan fingerprint density at radius 2 is 2.10 bits per heavy atom. The molecule has 4 nitrogen and oxygen atoms in total. The van der Waals surface area contributed by atoms with Crippen LogP contribution in [-0.2, 0) is 19.5 Å². The molecule has 0 unspecified atom stereocenters. The third-order valence-electron chi connectivity index (χ3n) is 4.41. The molecule has 3 heterocycles. The van der Waals surface area contributed by atoms with Gasteiger partial charge in [0, 0.05) is 43.3 Å². The highest BCUT2D eigenvalue weighted by molar-refractivity contribution is 5.10. The predicted molar refractivity (Wildman–Crippen MR) is 83.9 cm³/mol. The largest absolute Gasteiger partial charge is 0.296 e. The molecule has 1 aliphatic rings. The van der Waals surface area contributed by atoms with E-state index in [1.54, 1.807) is 0 Å². The molecule has 0 amide bonds. The number of pyridine rings is 1. The maximum absolute atomic E-state index is 4.38. The second kappa shape index (κ2) is 6.85. The Morgan fingerprint density at radius 1 is 1.24 bits per heavy atom. The highest BCUT2D eigenvalue weighted by Crippen LogP contribution is 2.23. The minimum absolute atomic E-state index is 0.711. The summed E-state index contributed by atoms with van der Waals surface area (Å²) in [5.41, 5.74) is 2.74. The maximum atomic E-state index is 4.38. The van der Waals surface area contributed by atoms with Crippen molar-refractivity contribution in [2.45, 2.75) is 51.7 Å². The Labute approximate surface area is 126 Å². The van der Waals surface area contributed by atoms with Gasteiger partial charge in [-0.25, -0.2) is 0 Å². The van der Waals surface area contributed by atoms with E-state index in [1.807, 2.05) is 23.3 Å². The van der Waals surface area contributed by atoms with Gasteiger partial charge in [0.15, 0.2) is 0 Å². The molecule has 1 atom stereocenters. The number of rotatable bonds is 6. The number of likely N-dealkylation sites (tertiary alicyclic amines) is 1. The first kappa shape index (κ1) is 14.3. The van der Waals surface area contributed by atoms with Crippen LogP contribution in [0.2, 0.25) is 0 Å². The first-order chi connectivity index (χ1) is 10.3. The normalized spacial score (nSPS) is 19.2. The van der Waals surface area contributed by atoms with Gasteiger partial charge in [0.05, 0.1) is 6.20 Å². The summed E-state index contributed by atoms with van der Waals surface area (Å²) in [7, 11) is 0. The summed E-state index contributed by atoms with van der Waals surface area (Å²) in [6.07, 6.45) is 13.0. The molecule has 3 rings (SSSR count). The molecule has 0 spiro atoms. The van der Waals surface area contributed by atoms with E-state index in [-0.39, 0.29) is 0 Å². The summed E-state index contributed by atoms with van der Waals surface area (Å²) in [5, 5.41) is 4.38. The van der Waals surface area contributed by atoms with Gasteiger partial charge in [-0.3, -0.25) is 14.6 Å². The van der Waals surface area contributed by atoms with Crippen LogP contribution in [0.15, 0.2) is 36.9 Å². The summed E-state index contributed by atoms with van der Waals surface area (Å²) in [4.78, 5) is 6.71. The van der Waals surface area contributed by atoms with Crippen molar-refractivity contribution in [1.82, 2.24) is 19.7 Å². The molecule has 2 aromatic heterocycles. The molecule has 4 heteroatoms. The van der Waals surface area contributed by atoms with Gasteiger partial charge < -0.3 is 0 Å². The van der Waals surface area contributed by atoms with Crippen molar-refractivity contribution in [2.24, 2.45) is 0 Å². The number of nitrogens with zero attached hydrogens (tertiary/aromatic N) is 4. The van der Waals surface area contributed by atoms with Crippen LogP contribution >= 0.6 is 0 Å². The lowest BCUT2D eigenvalue weighted by molar-refractivity contribution is 0.234. The third-order valence-corrected chi connectivity index (χ3v) is 4.41. The van der Waals surface area contributed by atoms with Gasteiger partial charge in [-0.2, -0.15) is 5.10 Å². The van der Waals surface area contributed by atoms with E-state index in [0.29, 0.717) is 6.04 Å². The van der Waals surface area contributed by atoms with E-state index in [2.05, 4.69) is 40.2 Å². The predicted octanol–water partition coefficient (Wildman–Crippen LogP) is 2.90. The van der Waals surface area contributed by atoms with Crippen molar-refractivity contribution in [2.75, 3.05) is 6.54 Å². The summed E-state index contributed by atoms with van der Waals surface area (Å²) in [5.74, 6) is 0. The lowest BCUT2D eigenvalue weighted by Crippen LogP contribution is -2.29. The lowest BCUT2D eigenvalue weighted by atomic mass is 10.0. The molecule has 21 heavy (non-hydrogen) atoms. The lowest BCUT2D eigenvalue weighted by Gasteiger charge is -2.23. The van der Waals surface area contributed by atoms with Gasteiger partial charge in [0.1, 0.15) is 0 Å². The molecule has 1 fully saturated rings. The van der Waals surface area contributed by atoms with Gasteiger partial charge in [0.25, 0.3) is 0 Å². The zero-order valence-electron chi connectivity index (χ0n) is 12.8. The zero-order valence-corrected chi connectivity index (χ0v) is 12.8. The zero-order chi connectivity index (χ0) is 14.5. The first-order valence-corrected chi connectivity index (χ1v) is 7.99. The van der Waals surface area contributed by atoms with Crippen LogP contribution in [0.25, 0.3) is 0 Å². The fourth-order valence-electron chi connectivity index (χ4n) is 3.21. The second-order valence-corrected chi connectivity index (χ2v) is 5.86. The average molecular weight is 284 g/mol. The molecular weight excluding hydrogens is 260 g/mol. The van der Waals surface area contributed by atoms with E-state index < -0.39 is 0 Å². The van der Waals surface area contributed by atoms with Crippen LogP contribution in [0.3, 0.4) is 0 Å². The highest BCUT2D eigenvalue weighted by atomic mass is 15.3. The van der Waals surface area contributed by atoms with Crippen molar-refractivity contribution in [3.8, 4) is 0 Å². The Morgan fingerprint density at radius 3 is 2.86 bits per heavy atom. The van der Waals surface area contributed by atoms with Crippen molar-refractivity contribution in [3.05, 3.63) is 48.0 Å². The molecule has 0 aliphatic carbocycles. The second-order valence-electron chi connectivity index (χ2n) is 5.86. The van der Waals surface area contributed by atoms with Gasteiger partial charge in [0.2, 0.25) is 0 Å². The average Bonchev–Trinajstić information content (AvgIpc) is 3.16. The van der Waals surface area contributed by atoms with E-state index in [0.717, 1.165) is 19.5 Å². The molecule has 2 aromatic rings. The van der Waals surface area contributed by atoms with Crippen LogP contribution < -0.4 is 0 Å². The summed E-state index contributed by atoms with van der Waals surface area (Å²) >= 11 is 0. The summed E-state index contributed by atoms with van der Waals surface area (Å²) in [6.45, 7) is 5.34. The number of hydrogen-bond donors (Lipinski definition) is 0. The topological polar surface area (TPSA) is 34.0 Å². The molecule has 0 N–H and O–H groups in total. The van der Waals surface area contributed by atoms with Gasteiger partial charge in [-0.1, -0.05) is 0 Å². The minimum Gasteiger partial charge on any atom is -0.296 e. The Hall–Kier alpha value is -1.68. The van der Waals surface area contributed by atoms with Crippen LogP contribution in [0.5, 0.6) is 0 Å². The maximum Gasteiger partial charge on any atom is 0.0534 e. The van der Waals surface area contributed by atoms with E-state index in [9.17, 15) is 0 Å². The molecule has 0 radical (unpaired) electrons. The van der Waals surface area contributed by atoms with Gasteiger partial charge >= 0.3 is 0 Å². The minimum atomic E-state index is 0.711. The molecule has 0 aromatic carbocycles. The van der Waals surface area contributed by atoms with Crippen LogP contribution in [0.1, 0.15) is 37.3 Å². The Kier molecular flexibility index (Phi) is 4.65. The van der Waals surface area contributed by atoms with Gasteiger partial charge in [-0.05, 0) is 56.8 Å². The summed E-state index contributed by atoms with van der Waals surface area (Å²) in [6, 6.07) is 4.97. The monoisotopic (exact) mass is 284 g/mol. The molecule has 112 valence electrons. The van der Waals surface area contributed by atoms with Crippen molar-refractivity contribution >= 4 is 0 Å².